The topological polar surface area (TPSA) is 126 Å². The lowest BCUT2D eigenvalue weighted by molar-refractivity contribution is -0.106. The molecule has 3 aromatic rings. The highest BCUT2D eigenvalue weighted by molar-refractivity contribution is 5.45. The zero-order valence-corrected chi connectivity index (χ0v) is 15.6. The molecule has 0 fully saturated rings. The van der Waals surface area contributed by atoms with Crippen LogP contribution < -0.4 is 26.2 Å². The van der Waals surface area contributed by atoms with Crippen molar-refractivity contribution in [1.82, 2.24) is 11.0 Å². The molecule has 0 spiro atoms. The van der Waals surface area contributed by atoms with E-state index in [-0.39, 0.29) is 6.41 Å². The van der Waals surface area contributed by atoms with Crippen molar-refractivity contribution >= 4 is 6.41 Å². The van der Waals surface area contributed by atoms with Crippen molar-refractivity contribution in [3.05, 3.63) is 83.9 Å². The third-order valence-corrected chi connectivity index (χ3v) is 3.72. The average molecular weight is 397 g/mol. The summed E-state index contributed by atoms with van der Waals surface area (Å²) in [4.78, 5) is 8.58. The summed E-state index contributed by atoms with van der Waals surface area (Å²) in [6, 6.07) is 22.2. The summed E-state index contributed by atoms with van der Waals surface area (Å²) in [6.45, 7) is 0.754. The fourth-order valence-electron chi connectivity index (χ4n) is 2.41. The number of ether oxygens (including phenoxy) is 2. The molecule has 6 N–H and O–H groups in total. The third kappa shape index (κ3) is 7.24. The van der Waals surface area contributed by atoms with E-state index < -0.39 is 0 Å². The molecule has 0 heterocycles. The zero-order valence-electron chi connectivity index (χ0n) is 15.6. The highest BCUT2D eigenvalue weighted by Crippen LogP contribution is 2.34. The molecule has 29 heavy (non-hydrogen) atoms. The largest absolute Gasteiger partial charge is 0.453 e. The van der Waals surface area contributed by atoms with Crippen LogP contribution in [0.2, 0.25) is 0 Å². The molecule has 3 aromatic carbocycles. The first-order valence-electron chi connectivity index (χ1n) is 8.72. The van der Waals surface area contributed by atoms with E-state index in [0.29, 0.717) is 36.1 Å². The van der Waals surface area contributed by atoms with Gasteiger partial charge in [0.1, 0.15) is 11.5 Å². The molecular weight excluding hydrogens is 374 g/mol. The van der Waals surface area contributed by atoms with Crippen LogP contribution in [0, 0.1) is 0 Å². The van der Waals surface area contributed by atoms with Crippen molar-refractivity contribution in [3.63, 3.8) is 0 Å². The first-order chi connectivity index (χ1) is 14.2. The number of hydrogen-bond acceptors (Lipinski definition) is 7. The molecule has 0 saturated carbocycles. The molecule has 1 amide bonds. The van der Waals surface area contributed by atoms with Crippen molar-refractivity contribution in [2.24, 2.45) is 5.73 Å². The van der Waals surface area contributed by atoms with E-state index in [9.17, 15) is 0 Å². The number of carbonyl (C=O) groups excluding carboxylic acids is 1. The van der Waals surface area contributed by atoms with E-state index >= 15 is 0 Å². The van der Waals surface area contributed by atoms with Gasteiger partial charge in [-0.25, -0.2) is 11.0 Å². The van der Waals surface area contributed by atoms with Gasteiger partial charge in [0.2, 0.25) is 6.41 Å². The zero-order chi connectivity index (χ0) is 20.9. The summed E-state index contributed by atoms with van der Waals surface area (Å²) in [5.41, 5.74) is 10.3. The van der Waals surface area contributed by atoms with Crippen molar-refractivity contribution in [1.29, 1.82) is 0 Å². The van der Waals surface area contributed by atoms with Crippen LogP contribution in [0.5, 0.6) is 23.0 Å². The van der Waals surface area contributed by atoms with E-state index in [1.54, 1.807) is 0 Å². The second kappa shape index (κ2) is 12.1. The molecule has 0 bridgehead atoms. The summed E-state index contributed by atoms with van der Waals surface area (Å²) in [5, 5.41) is 17.5. The number of amides is 1. The van der Waals surface area contributed by atoms with Crippen LogP contribution in [0.1, 0.15) is 11.1 Å². The molecule has 0 aliphatic heterocycles. The first kappa shape index (κ1) is 21.9. The Morgan fingerprint density at radius 1 is 0.724 bits per heavy atom. The van der Waals surface area contributed by atoms with Gasteiger partial charge in [-0.3, -0.25) is 4.79 Å². The fraction of sp³-hybridized carbons (Fsp3) is 0.0952. The molecular formula is C21H23N3O5. The van der Waals surface area contributed by atoms with Crippen molar-refractivity contribution in [3.8, 4) is 23.0 Å². The molecule has 0 radical (unpaired) electrons. The Morgan fingerprint density at radius 2 is 1.07 bits per heavy atom. The van der Waals surface area contributed by atoms with Crippen molar-refractivity contribution in [2.75, 3.05) is 0 Å². The summed E-state index contributed by atoms with van der Waals surface area (Å²) in [5.74, 6) is 2.54. The number of nitrogens with two attached hydrogens (primary N) is 1. The van der Waals surface area contributed by atoms with Gasteiger partial charge in [0, 0.05) is 13.1 Å². The number of nitrogens with one attached hydrogen (secondary N) is 2. The predicted octanol–water partition coefficient (Wildman–Crippen LogP) is 3.33. The average Bonchev–Trinajstić information content (AvgIpc) is 2.73. The first-order valence-corrected chi connectivity index (χ1v) is 8.72. The highest BCUT2D eigenvalue weighted by Gasteiger charge is 2.07. The van der Waals surface area contributed by atoms with Gasteiger partial charge < -0.3 is 25.6 Å². The lowest BCUT2D eigenvalue weighted by Crippen LogP contribution is -2.05. The van der Waals surface area contributed by atoms with E-state index in [2.05, 4.69) is 16.7 Å². The molecule has 0 unspecified atom stereocenters. The molecule has 0 aliphatic carbocycles. The van der Waals surface area contributed by atoms with Crippen molar-refractivity contribution < 1.29 is 24.7 Å². The van der Waals surface area contributed by atoms with Crippen LogP contribution in [0.25, 0.3) is 0 Å². The summed E-state index contributed by atoms with van der Waals surface area (Å²) in [7, 11) is 0. The van der Waals surface area contributed by atoms with Gasteiger partial charge >= 0.3 is 0 Å². The van der Waals surface area contributed by atoms with Gasteiger partial charge in [-0.15, -0.1) is 0 Å². The maximum atomic E-state index is 8.73. The molecule has 0 aromatic heterocycles. The lowest BCUT2D eigenvalue weighted by atomic mass is 10.2. The normalized spacial score (nSPS) is 9.86. The molecule has 152 valence electrons. The molecule has 8 nitrogen and oxygen atoms in total. The van der Waals surface area contributed by atoms with Gasteiger partial charge in [-0.05, 0) is 47.5 Å². The number of hydrogen-bond donors (Lipinski definition) is 5. The maximum Gasteiger partial charge on any atom is 0.204 e. The minimum Gasteiger partial charge on any atom is -0.453 e. The van der Waals surface area contributed by atoms with E-state index in [4.69, 9.17) is 24.7 Å². The SMILES string of the molecule is NC=O.ONCc1ccc(Oc2ccccc2Oc2ccc(CNO)cc2)cc1. The molecule has 3 rings (SSSR count). The summed E-state index contributed by atoms with van der Waals surface area (Å²) >= 11 is 0. The number of primary amides is 1. The minimum absolute atomic E-state index is 0.250. The van der Waals surface area contributed by atoms with Gasteiger partial charge in [0.15, 0.2) is 11.5 Å². The summed E-state index contributed by atoms with van der Waals surface area (Å²) in [6.07, 6.45) is 0.250. The molecule has 0 saturated heterocycles. The second-order valence-corrected chi connectivity index (χ2v) is 5.74. The maximum absolute atomic E-state index is 8.73. The van der Waals surface area contributed by atoms with E-state index in [0.717, 1.165) is 11.1 Å². The van der Waals surface area contributed by atoms with Gasteiger partial charge in [-0.1, -0.05) is 36.4 Å². The molecule has 0 aliphatic rings. The Hall–Kier alpha value is -3.43. The summed E-state index contributed by atoms with van der Waals surface area (Å²) < 4.78 is 11.9. The van der Waals surface area contributed by atoms with E-state index in [1.165, 1.54) is 0 Å². The standard InChI is InChI=1S/C20H20N2O4.CH3NO/c23-21-13-15-5-9-17(10-6-15)25-19-3-1-2-4-20(19)26-18-11-7-16(8-12-18)14-22-24;2-1-3/h1-12,21-24H,13-14H2;1H,(H2,2,3). The van der Waals surface area contributed by atoms with Crippen LogP contribution in [0.15, 0.2) is 72.8 Å². The molecule has 0 atom stereocenters. The number of para-hydroxylation sites is 2. The Kier molecular flexibility index (Phi) is 9.13. The third-order valence-electron chi connectivity index (χ3n) is 3.72. The van der Waals surface area contributed by atoms with Gasteiger partial charge in [-0.2, -0.15) is 0 Å². The van der Waals surface area contributed by atoms with Crippen LogP contribution in [-0.4, -0.2) is 16.8 Å². The Labute approximate surface area is 168 Å². The molecule has 8 heteroatoms. The fourth-order valence-corrected chi connectivity index (χ4v) is 2.41. The van der Waals surface area contributed by atoms with Crippen LogP contribution in [0.3, 0.4) is 0 Å². The van der Waals surface area contributed by atoms with Gasteiger partial charge in [0.25, 0.3) is 0 Å². The van der Waals surface area contributed by atoms with Gasteiger partial charge in [0.05, 0.1) is 0 Å². The predicted molar refractivity (Wildman–Crippen MR) is 107 cm³/mol. The Bertz CT molecular complexity index is 800. The smallest absolute Gasteiger partial charge is 0.204 e. The quantitative estimate of drug-likeness (QED) is 0.291. The Morgan fingerprint density at radius 3 is 1.38 bits per heavy atom. The minimum atomic E-state index is 0.250. The van der Waals surface area contributed by atoms with Crippen molar-refractivity contribution in [2.45, 2.75) is 13.1 Å². The van der Waals surface area contributed by atoms with Crippen LogP contribution in [0.4, 0.5) is 0 Å². The lowest BCUT2D eigenvalue weighted by Gasteiger charge is -2.13. The number of rotatable bonds is 8. The number of hydroxylamine groups is 2. The number of carbonyl (C=O) groups is 1. The van der Waals surface area contributed by atoms with E-state index in [1.807, 2.05) is 72.8 Å². The Balaban J connectivity index is 0.000000941. The van der Waals surface area contributed by atoms with Crippen LogP contribution >= 0.6 is 0 Å². The second-order valence-electron chi connectivity index (χ2n) is 5.74. The monoisotopic (exact) mass is 397 g/mol. The van der Waals surface area contributed by atoms with Crippen LogP contribution in [-0.2, 0) is 17.9 Å². The highest BCUT2D eigenvalue weighted by atomic mass is 16.5. The number of benzene rings is 3.